The molecule has 1 aromatic heterocycles. The lowest BCUT2D eigenvalue weighted by Gasteiger charge is -2.29. The van der Waals surface area contributed by atoms with E-state index in [9.17, 15) is 4.79 Å². The Morgan fingerprint density at radius 1 is 1.29 bits per heavy atom. The Kier molecular flexibility index (Phi) is 4.25. The Bertz CT molecular complexity index is 894. The van der Waals surface area contributed by atoms with E-state index in [1.165, 1.54) is 0 Å². The van der Waals surface area contributed by atoms with Gasteiger partial charge in [0.2, 0.25) is 5.88 Å². The molecule has 9 heteroatoms. The quantitative estimate of drug-likeness (QED) is 0.595. The Balaban J connectivity index is 1.58. The summed E-state index contributed by atoms with van der Waals surface area (Å²) in [4.78, 5) is 24.5. The highest BCUT2D eigenvalue weighted by Crippen LogP contribution is 2.34. The van der Waals surface area contributed by atoms with Gasteiger partial charge in [-0.25, -0.2) is 15.4 Å². The summed E-state index contributed by atoms with van der Waals surface area (Å²) in [5, 5.41) is 4.63. The first-order valence-electron chi connectivity index (χ1n) is 9.67. The van der Waals surface area contributed by atoms with Crippen LogP contribution in [0, 0.1) is 0 Å². The summed E-state index contributed by atoms with van der Waals surface area (Å²) in [5.74, 6) is 1.78. The van der Waals surface area contributed by atoms with Crippen molar-refractivity contribution < 1.29 is 9.53 Å². The van der Waals surface area contributed by atoms with E-state index in [4.69, 9.17) is 20.4 Å². The smallest absolute Gasteiger partial charge is 0.254 e. The molecule has 1 fully saturated rings. The molecule has 0 saturated carbocycles. The van der Waals surface area contributed by atoms with E-state index < -0.39 is 6.17 Å². The molecule has 0 aliphatic carbocycles. The van der Waals surface area contributed by atoms with Crippen molar-refractivity contribution in [2.45, 2.75) is 31.5 Å². The van der Waals surface area contributed by atoms with Crippen LogP contribution in [0.1, 0.15) is 31.0 Å². The lowest BCUT2D eigenvalue weighted by Crippen LogP contribution is -2.43. The van der Waals surface area contributed by atoms with Crippen LogP contribution in [0.25, 0.3) is 0 Å². The maximum absolute atomic E-state index is 12.7. The molecule has 4 aliphatic rings. The van der Waals surface area contributed by atoms with Crippen LogP contribution < -0.4 is 21.2 Å². The monoisotopic (exact) mass is 381 g/mol. The number of aromatic nitrogens is 1. The molecule has 5 heterocycles. The van der Waals surface area contributed by atoms with Crippen molar-refractivity contribution in [3.8, 4) is 5.88 Å². The first kappa shape index (κ1) is 17.2. The topological polar surface area (TPSA) is 108 Å². The van der Waals surface area contributed by atoms with Crippen LogP contribution in [0.4, 0.5) is 0 Å². The maximum Gasteiger partial charge on any atom is 0.254 e. The van der Waals surface area contributed by atoms with E-state index >= 15 is 0 Å². The molecule has 1 amide bonds. The standard InChI is InChI=1S/C19H23N7O2/c20-17-16-18-23-14(7-10-26(18)24-17)25-9-2-5-13(25)12-4-1-6-15(22-12)28-11-3-8-21-19(16)27/h1,4,6-7,10,13,17,24H,2-3,5,8-9,11,20H2,(H,21,27). The molecular formula is C19H23N7O2. The normalized spacial score (nSPS) is 26.9. The van der Waals surface area contributed by atoms with Crippen molar-refractivity contribution in [2.75, 3.05) is 19.7 Å². The van der Waals surface area contributed by atoms with E-state index in [-0.39, 0.29) is 11.9 Å². The molecule has 4 bridgehead atoms. The van der Waals surface area contributed by atoms with Gasteiger partial charge in [-0.2, -0.15) is 0 Å². The van der Waals surface area contributed by atoms with Crippen LogP contribution in [0.3, 0.4) is 0 Å². The molecule has 0 aromatic carbocycles. The van der Waals surface area contributed by atoms with Crippen molar-refractivity contribution in [3.05, 3.63) is 47.6 Å². The molecule has 2 unspecified atom stereocenters. The molecule has 4 N–H and O–H groups in total. The number of carbonyl (C=O) groups is 1. The van der Waals surface area contributed by atoms with Crippen LogP contribution in [0.15, 0.2) is 46.9 Å². The van der Waals surface area contributed by atoms with Crippen LogP contribution in [0.2, 0.25) is 0 Å². The summed E-state index contributed by atoms with van der Waals surface area (Å²) in [6.45, 7) is 1.86. The van der Waals surface area contributed by atoms with Crippen molar-refractivity contribution in [1.29, 1.82) is 0 Å². The summed E-state index contributed by atoms with van der Waals surface area (Å²) in [6, 6.07) is 6.02. The van der Waals surface area contributed by atoms with Gasteiger partial charge in [0.15, 0.2) is 5.82 Å². The molecule has 28 heavy (non-hydrogen) atoms. The molecule has 0 radical (unpaired) electrons. The number of rotatable bonds is 0. The number of nitrogens with one attached hydrogen (secondary N) is 2. The van der Waals surface area contributed by atoms with Gasteiger partial charge in [0, 0.05) is 25.4 Å². The molecule has 9 nitrogen and oxygen atoms in total. The fourth-order valence-electron chi connectivity index (χ4n) is 4.05. The maximum atomic E-state index is 12.7. The lowest BCUT2D eigenvalue weighted by molar-refractivity contribution is -0.117. The number of nitrogens with two attached hydrogens (primary N) is 1. The van der Waals surface area contributed by atoms with Gasteiger partial charge in [-0.05, 0) is 31.4 Å². The van der Waals surface area contributed by atoms with Crippen molar-refractivity contribution in [3.63, 3.8) is 0 Å². The second-order valence-electron chi connectivity index (χ2n) is 7.21. The third kappa shape index (κ3) is 2.92. The van der Waals surface area contributed by atoms with E-state index in [1.807, 2.05) is 30.5 Å². The number of hydrogen-bond acceptors (Lipinski definition) is 8. The number of ether oxygens (including phenoxy) is 1. The van der Waals surface area contributed by atoms with E-state index in [1.54, 1.807) is 5.01 Å². The Hall–Kier alpha value is -2.91. The summed E-state index contributed by atoms with van der Waals surface area (Å²) in [5.41, 5.74) is 10.7. The van der Waals surface area contributed by atoms with Gasteiger partial charge in [-0.1, -0.05) is 6.07 Å². The molecule has 5 rings (SSSR count). The third-order valence-electron chi connectivity index (χ3n) is 5.39. The van der Waals surface area contributed by atoms with Crippen LogP contribution in [-0.2, 0) is 4.79 Å². The van der Waals surface area contributed by atoms with Crippen LogP contribution in [-0.4, -0.2) is 52.5 Å². The van der Waals surface area contributed by atoms with Crippen LogP contribution in [0.5, 0.6) is 5.88 Å². The van der Waals surface area contributed by atoms with E-state index in [0.29, 0.717) is 36.8 Å². The van der Waals surface area contributed by atoms with Gasteiger partial charge < -0.3 is 20.7 Å². The minimum Gasteiger partial charge on any atom is -0.478 e. The van der Waals surface area contributed by atoms with E-state index in [0.717, 1.165) is 30.9 Å². The summed E-state index contributed by atoms with van der Waals surface area (Å²) in [6.07, 6.45) is 5.95. The number of hydrogen-bond donors (Lipinski definition) is 3. The molecule has 1 saturated heterocycles. The zero-order valence-corrected chi connectivity index (χ0v) is 15.5. The zero-order valence-electron chi connectivity index (χ0n) is 15.5. The second kappa shape index (κ2) is 6.92. The highest BCUT2D eigenvalue weighted by molar-refractivity contribution is 5.99. The van der Waals surface area contributed by atoms with E-state index in [2.05, 4.69) is 15.6 Å². The molecule has 1 aromatic rings. The fourth-order valence-corrected chi connectivity index (χ4v) is 4.05. The third-order valence-corrected chi connectivity index (χ3v) is 5.39. The van der Waals surface area contributed by atoms with Gasteiger partial charge in [0.05, 0.1) is 23.9 Å². The molecule has 4 aliphatic heterocycles. The molecular weight excluding hydrogens is 358 g/mol. The molecule has 146 valence electrons. The van der Waals surface area contributed by atoms with Gasteiger partial charge in [-0.3, -0.25) is 9.80 Å². The van der Waals surface area contributed by atoms with Gasteiger partial charge in [0.25, 0.3) is 5.91 Å². The molecule has 0 spiro atoms. The summed E-state index contributed by atoms with van der Waals surface area (Å²) >= 11 is 0. The number of amidine groups is 1. The summed E-state index contributed by atoms with van der Waals surface area (Å²) in [7, 11) is 0. The van der Waals surface area contributed by atoms with Crippen molar-refractivity contribution in [2.24, 2.45) is 10.7 Å². The Morgan fingerprint density at radius 2 is 2.21 bits per heavy atom. The average molecular weight is 381 g/mol. The van der Waals surface area contributed by atoms with Crippen molar-refractivity contribution in [1.82, 2.24) is 25.6 Å². The predicted octanol–water partition coefficient (Wildman–Crippen LogP) is 0.360. The number of pyridine rings is 1. The Morgan fingerprint density at radius 3 is 3.14 bits per heavy atom. The first-order valence-corrected chi connectivity index (χ1v) is 9.67. The highest BCUT2D eigenvalue weighted by atomic mass is 16.5. The first-order chi connectivity index (χ1) is 13.7. The van der Waals surface area contributed by atoms with Gasteiger partial charge in [-0.15, -0.1) is 0 Å². The highest BCUT2D eigenvalue weighted by Gasteiger charge is 2.36. The number of fused-ring (bicyclic) bond motifs is 5. The number of aliphatic imine (C=N–C) groups is 1. The zero-order chi connectivity index (χ0) is 19.1. The number of nitrogens with zero attached hydrogens (tertiary/aromatic N) is 4. The molecule has 2 atom stereocenters. The lowest BCUT2D eigenvalue weighted by atomic mass is 10.1. The van der Waals surface area contributed by atoms with Crippen LogP contribution >= 0.6 is 0 Å². The Labute approximate surface area is 162 Å². The number of hydrazine groups is 1. The summed E-state index contributed by atoms with van der Waals surface area (Å²) < 4.78 is 5.79. The largest absolute Gasteiger partial charge is 0.478 e. The van der Waals surface area contributed by atoms with Gasteiger partial charge in [0.1, 0.15) is 12.0 Å². The van der Waals surface area contributed by atoms with Gasteiger partial charge >= 0.3 is 0 Å². The predicted molar refractivity (Wildman–Crippen MR) is 103 cm³/mol. The second-order valence-corrected chi connectivity index (χ2v) is 7.21. The number of carbonyl (C=O) groups excluding carboxylic acids is 1. The fraction of sp³-hybridized carbons (Fsp3) is 0.421. The minimum atomic E-state index is -0.597. The van der Waals surface area contributed by atoms with Crippen molar-refractivity contribution >= 4 is 11.7 Å². The average Bonchev–Trinajstić information content (AvgIpc) is 3.30. The minimum absolute atomic E-state index is 0.129. The SMILES string of the molecule is NC1NN2C=CC3=NC2=C1C(=O)NCCCOc1cccc(n1)C1CCCN31. The number of amides is 1.